The molecular formula is C23H31N5O4. The van der Waals surface area contributed by atoms with E-state index in [2.05, 4.69) is 20.4 Å². The van der Waals surface area contributed by atoms with Crippen LogP contribution in [0.15, 0.2) is 29.0 Å². The second kappa shape index (κ2) is 10.7. The van der Waals surface area contributed by atoms with Crippen molar-refractivity contribution in [3.8, 4) is 11.4 Å². The Morgan fingerprint density at radius 2 is 2.16 bits per heavy atom. The van der Waals surface area contributed by atoms with Crippen LogP contribution in [0.4, 0.5) is 0 Å². The number of ether oxygens (including phenoxy) is 1. The maximum Gasteiger partial charge on any atom is 0.230 e. The molecule has 0 bridgehead atoms. The molecule has 1 saturated carbocycles. The van der Waals surface area contributed by atoms with Gasteiger partial charge in [-0.05, 0) is 37.8 Å². The van der Waals surface area contributed by atoms with Crippen LogP contribution in [0, 0.1) is 5.92 Å². The molecule has 2 aliphatic rings. The van der Waals surface area contributed by atoms with E-state index in [1.54, 1.807) is 19.5 Å². The Labute approximate surface area is 187 Å². The largest absolute Gasteiger partial charge is 0.384 e. The van der Waals surface area contributed by atoms with Crippen LogP contribution in [0.3, 0.4) is 0 Å². The van der Waals surface area contributed by atoms with Crippen molar-refractivity contribution in [1.82, 2.24) is 25.3 Å². The maximum atomic E-state index is 13.1. The van der Waals surface area contributed by atoms with E-state index in [1.165, 1.54) is 0 Å². The van der Waals surface area contributed by atoms with Gasteiger partial charge in [0.2, 0.25) is 23.5 Å². The Bertz CT molecular complexity index is 903. The average molecular weight is 442 g/mol. The third-order valence-corrected chi connectivity index (χ3v) is 6.44. The average Bonchev–Trinajstić information content (AvgIpc) is 3.47. The zero-order chi connectivity index (χ0) is 22.3. The highest BCUT2D eigenvalue weighted by atomic mass is 16.5. The normalized spacial score (nSPS) is 24.5. The molecule has 1 N–H and O–H groups in total. The molecule has 32 heavy (non-hydrogen) atoms. The van der Waals surface area contributed by atoms with E-state index in [1.807, 2.05) is 17.0 Å². The molecule has 0 aromatic carbocycles. The fraction of sp³-hybridized carbons (Fsp3) is 0.609. The molecule has 1 aliphatic heterocycles. The van der Waals surface area contributed by atoms with Crippen LogP contribution in [-0.2, 0) is 14.3 Å². The molecule has 2 aromatic heterocycles. The molecule has 0 spiro atoms. The SMILES string of the molecule is COCCC(=O)N1CCCCCCNC(=O)[C@@H]2C[C@@H](c3nc(-c4cccnc4)no3)C[C@@H]21. The summed E-state index contributed by atoms with van der Waals surface area (Å²) >= 11 is 0. The van der Waals surface area contributed by atoms with Crippen molar-refractivity contribution >= 4 is 11.8 Å². The lowest BCUT2D eigenvalue weighted by Gasteiger charge is -2.32. The summed E-state index contributed by atoms with van der Waals surface area (Å²) in [5.41, 5.74) is 0.782. The number of nitrogens with one attached hydrogen (secondary N) is 1. The summed E-state index contributed by atoms with van der Waals surface area (Å²) in [7, 11) is 1.59. The van der Waals surface area contributed by atoms with Gasteiger partial charge in [0.15, 0.2) is 0 Å². The Morgan fingerprint density at radius 3 is 2.97 bits per heavy atom. The first-order valence-corrected chi connectivity index (χ1v) is 11.5. The molecule has 0 radical (unpaired) electrons. The van der Waals surface area contributed by atoms with Crippen LogP contribution in [0.5, 0.6) is 0 Å². The first-order valence-electron chi connectivity index (χ1n) is 11.5. The van der Waals surface area contributed by atoms with Crippen LogP contribution < -0.4 is 5.32 Å². The molecule has 9 heteroatoms. The van der Waals surface area contributed by atoms with Gasteiger partial charge >= 0.3 is 0 Å². The number of hydrogen-bond donors (Lipinski definition) is 1. The highest BCUT2D eigenvalue weighted by molar-refractivity contribution is 5.82. The summed E-state index contributed by atoms with van der Waals surface area (Å²) in [4.78, 5) is 36.7. The number of carbonyl (C=O) groups excluding carboxylic acids is 2. The number of hydrogen-bond acceptors (Lipinski definition) is 7. The molecule has 3 atom stereocenters. The monoisotopic (exact) mass is 441 g/mol. The van der Waals surface area contributed by atoms with Crippen molar-refractivity contribution in [2.75, 3.05) is 26.8 Å². The second-order valence-electron chi connectivity index (χ2n) is 8.58. The molecule has 0 unspecified atom stereocenters. The summed E-state index contributed by atoms with van der Waals surface area (Å²) in [6.07, 6.45) is 8.91. The Hall–Kier alpha value is -2.81. The summed E-state index contributed by atoms with van der Waals surface area (Å²) in [6.45, 7) is 1.71. The molecule has 2 aromatic rings. The van der Waals surface area contributed by atoms with Crippen LogP contribution in [0.2, 0.25) is 0 Å². The number of carbonyl (C=O) groups is 2. The standard InChI is InChI=1S/C23H31N5O4/c1-31-12-8-20(29)28-11-5-3-2-4-10-25-22(30)18-13-17(14-19(18)28)23-26-21(27-32-23)16-7-6-9-24-15-16/h6-7,9,15,17-19H,2-5,8,10-14H2,1H3,(H,25,30)/t17-,18-,19+/m1/s1. The van der Waals surface area contributed by atoms with Gasteiger partial charge in [0, 0.05) is 50.1 Å². The fourth-order valence-corrected chi connectivity index (χ4v) is 4.77. The third-order valence-electron chi connectivity index (χ3n) is 6.44. The third kappa shape index (κ3) is 5.15. The Balaban J connectivity index is 1.57. The Morgan fingerprint density at radius 1 is 1.28 bits per heavy atom. The van der Waals surface area contributed by atoms with Gasteiger partial charge in [-0.2, -0.15) is 4.98 Å². The van der Waals surface area contributed by atoms with Crippen LogP contribution in [0.25, 0.3) is 11.4 Å². The molecule has 1 aliphatic carbocycles. The lowest BCUT2D eigenvalue weighted by atomic mass is 10.00. The summed E-state index contributed by atoms with van der Waals surface area (Å²) in [5, 5.41) is 7.20. The number of aromatic nitrogens is 3. The molecule has 172 valence electrons. The van der Waals surface area contributed by atoms with E-state index in [-0.39, 0.29) is 29.7 Å². The van der Waals surface area contributed by atoms with Gasteiger partial charge in [-0.25, -0.2) is 0 Å². The van der Waals surface area contributed by atoms with Gasteiger partial charge in [-0.15, -0.1) is 0 Å². The van der Waals surface area contributed by atoms with E-state index in [0.717, 1.165) is 31.2 Å². The van der Waals surface area contributed by atoms with E-state index in [0.29, 0.717) is 50.7 Å². The van der Waals surface area contributed by atoms with Gasteiger partial charge in [-0.1, -0.05) is 18.0 Å². The predicted octanol–water partition coefficient (Wildman–Crippen LogP) is 2.55. The lowest BCUT2D eigenvalue weighted by Crippen LogP contribution is -2.47. The fourth-order valence-electron chi connectivity index (χ4n) is 4.77. The van der Waals surface area contributed by atoms with Gasteiger partial charge in [0.05, 0.1) is 18.9 Å². The molecule has 1 saturated heterocycles. The summed E-state index contributed by atoms with van der Waals surface area (Å²) < 4.78 is 10.7. The van der Waals surface area contributed by atoms with Crippen LogP contribution in [0.1, 0.15) is 56.8 Å². The molecule has 9 nitrogen and oxygen atoms in total. The van der Waals surface area contributed by atoms with Crippen molar-refractivity contribution in [2.45, 2.75) is 56.9 Å². The van der Waals surface area contributed by atoms with Gasteiger partial charge in [0.1, 0.15) is 0 Å². The lowest BCUT2D eigenvalue weighted by molar-refractivity contribution is -0.137. The predicted molar refractivity (Wildman–Crippen MR) is 116 cm³/mol. The zero-order valence-electron chi connectivity index (χ0n) is 18.5. The van der Waals surface area contributed by atoms with Gasteiger partial charge < -0.3 is 19.5 Å². The molecule has 2 amide bonds. The minimum absolute atomic E-state index is 0.0101. The van der Waals surface area contributed by atoms with Gasteiger partial charge in [0.25, 0.3) is 0 Å². The van der Waals surface area contributed by atoms with Crippen molar-refractivity contribution in [1.29, 1.82) is 0 Å². The maximum absolute atomic E-state index is 13.1. The first-order chi connectivity index (χ1) is 15.7. The quantitative estimate of drug-likeness (QED) is 0.759. The first kappa shape index (κ1) is 22.4. The van der Waals surface area contributed by atoms with Crippen molar-refractivity contribution < 1.29 is 18.8 Å². The highest BCUT2D eigenvalue weighted by Crippen LogP contribution is 2.41. The van der Waals surface area contributed by atoms with E-state index < -0.39 is 0 Å². The highest BCUT2D eigenvalue weighted by Gasteiger charge is 2.45. The second-order valence-corrected chi connectivity index (χ2v) is 8.58. The van der Waals surface area contributed by atoms with E-state index in [4.69, 9.17) is 9.26 Å². The van der Waals surface area contributed by atoms with Crippen molar-refractivity contribution in [3.63, 3.8) is 0 Å². The molecular weight excluding hydrogens is 410 g/mol. The molecule has 3 heterocycles. The summed E-state index contributed by atoms with van der Waals surface area (Å²) in [6, 6.07) is 3.52. The van der Waals surface area contributed by atoms with Crippen molar-refractivity contribution in [2.24, 2.45) is 5.92 Å². The number of amides is 2. The number of pyridine rings is 1. The van der Waals surface area contributed by atoms with E-state index in [9.17, 15) is 9.59 Å². The minimum Gasteiger partial charge on any atom is -0.384 e. The smallest absolute Gasteiger partial charge is 0.230 e. The zero-order valence-corrected chi connectivity index (χ0v) is 18.5. The van der Waals surface area contributed by atoms with Gasteiger partial charge in [-0.3, -0.25) is 14.6 Å². The van der Waals surface area contributed by atoms with E-state index >= 15 is 0 Å². The van der Waals surface area contributed by atoms with Crippen molar-refractivity contribution in [3.05, 3.63) is 30.4 Å². The summed E-state index contributed by atoms with van der Waals surface area (Å²) in [5.74, 6) is 0.681. The number of rotatable bonds is 5. The Kier molecular flexibility index (Phi) is 7.47. The molecule has 4 rings (SSSR count). The number of methoxy groups -OCH3 is 1. The number of nitrogens with zero attached hydrogens (tertiary/aromatic N) is 4. The van der Waals surface area contributed by atoms with Crippen LogP contribution >= 0.6 is 0 Å². The topological polar surface area (TPSA) is 110 Å². The van der Waals surface area contributed by atoms with Crippen LogP contribution in [-0.4, -0.2) is 64.7 Å². The molecule has 2 fully saturated rings. The number of fused-ring (bicyclic) bond motifs is 1. The minimum atomic E-state index is -0.293.